The molecule has 0 saturated carbocycles. The lowest BCUT2D eigenvalue weighted by Gasteiger charge is -2.15. The third kappa shape index (κ3) is 3.58. The Labute approximate surface area is 79.8 Å². The summed E-state index contributed by atoms with van der Waals surface area (Å²) in [4.78, 5) is 2.10. The number of aliphatic hydroxyl groups excluding tert-OH is 1. The van der Waals surface area contributed by atoms with E-state index in [0.29, 0.717) is 12.6 Å². The van der Waals surface area contributed by atoms with E-state index in [2.05, 4.69) is 4.90 Å². The second-order valence-electron chi connectivity index (χ2n) is 2.72. The van der Waals surface area contributed by atoms with E-state index in [9.17, 15) is 0 Å². The van der Waals surface area contributed by atoms with E-state index in [1.807, 2.05) is 7.05 Å². The summed E-state index contributed by atoms with van der Waals surface area (Å²) in [6.07, 6.45) is 0.691. The molecule has 5 heteroatoms. The van der Waals surface area contributed by atoms with Crippen molar-refractivity contribution in [2.45, 2.75) is 18.6 Å². The van der Waals surface area contributed by atoms with E-state index in [0.717, 1.165) is 13.0 Å². The van der Waals surface area contributed by atoms with Crippen LogP contribution in [0.3, 0.4) is 0 Å². The Kier molecular flexibility index (Phi) is 7.68. The van der Waals surface area contributed by atoms with Crippen molar-refractivity contribution in [1.82, 2.24) is 4.90 Å². The third-order valence-corrected chi connectivity index (χ3v) is 1.94. The molecule has 0 aromatic heterocycles. The average Bonchev–Trinajstić information content (AvgIpc) is 2.10. The topological polar surface area (TPSA) is 49.5 Å². The predicted molar refractivity (Wildman–Crippen MR) is 50.6 cm³/mol. The molecule has 0 aliphatic carbocycles. The molecule has 70 valence electrons. The van der Waals surface area contributed by atoms with Gasteiger partial charge in [0.25, 0.3) is 0 Å². The summed E-state index contributed by atoms with van der Waals surface area (Å²) in [7, 11) is 1.99. The van der Waals surface area contributed by atoms with Crippen molar-refractivity contribution in [1.29, 1.82) is 0 Å². The molecule has 1 fully saturated rings. The molecule has 3 N–H and O–H groups in total. The minimum Gasteiger partial charge on any atom is -0.392 e. The number of β-amino-alcohol motifs (C(OH)–C–C–N with tert-alkyl or cyclic N) is 1. The number of likely N-dealkylation sites (N-methyl/N-ethyl adjacent to an activating group) is 1. The van der Waals surface area contributed by atoms with Crippen molar-refractivity contribution >= 4 is 24.8 Å². The number of hydrogen-bond donors (Lipinski definition) is 2. The summed E-state index contributed by atoms with van der Waals surface area (Å²) < 4.78 is 0. The highest BCUT2D eigenvalue weighted by molar-refractivity contribution is 5.85. The number of rotatable bonds is 1. The molecule has 1 aliphatic rings. The zero-order valence-electron chi connectivity index (χ0n) is 6.56. The number of nitrogens with zero attached hydrogens (tertiary/aromatic N) is 1. The molecule has 11 heavy (non-hydrogen) atoms. The Morgan fingerprint density at radius 3 is 2.27 bits per heavy atom. The van der Waals surface area contributed by atoms with Gasteiger partial charge in [-0.1, -0.05) is 0 Å². The monoisotopic (exact) mass is 202 g/mol. The Bertz CT molecular complexity index is 105. The fraction of sp³-hybridized carbons (Fsp3) is 1.00. The van der Waals surface area contributed by atoms with Crippen LogP contribution in [0.25, 0.3) is 0 Å². The predicted octanol–water partition coefficient (Wildman–Crippen LogP) is -0.146. The van der Waals surface area contributed by atoms with Crippen molar-refractivity contribution in [2.75, 3.05) is 20.1 Å². The summed E-state index contributed by atoms with van der Waals surface area (Å²) >= 11 is 0. The Morgan fingerprint density at radius 1 is 1.55 bits per heavy atom. The lowest BCUT2D eigenvalue weighted by molar-refractivity contribution is 0.182. The maximum absolute atomic E-state index is 9.10. The number of aliphatic hydroxyl groups is 1. The van der Waals surface area contributed by atoms with Crippen molar-refractivity contribution in [2.24, 2.45) is 5.73 Å². The Hall–Kier alpha value is 0.460. The fourth-order valence-corrected chi connectivity index (χ4v) is 1.33. The van der Waals surface area contributed by atoms with Gasteiger partial charge < -0.3 is 10.8 Å². The maximum Gasteiger partial charge on any atom is 0.0682 e. The van der Waals surface area contributed by atoms with E-state index in [1.165, 1.54) is 0 Å². The van der Waals surface area contributed by atoms with Crippen LogP contribution in [0.5, 0.6) is 0 Å². The molecule has 0 bridgehead atoms. The number of halogens is 2. The van der Waals surface area contributed by atoms with Crippen LogP contribution in [0.2, 0.25) is 0 Å². The largest absolute Gasteiger partial charge is 0.392 e. The first kappa shape index (κ1) is 14.0. The van der Waals surface area contributed by atoms with Crippen LogP contribution in [0.4, 0.5) is 0 Å². The van der Waals surface area contributed by atoms with E-state index in [1.54, 1.807) is 0 Å². The van der Waals surface area contributed by atoms with Gasteiger partial charge >= 0.3 is 0 Å². The molecule has 0 spiro atoms. The van der Waals surface area contributed by atoms with Gasteiger partial charge in [-0.2, -0.15) is 0 Å². The van der Waals surface area contributed by atoms with Crippen LogP contribution in [-0.4, -0.2) is 42.3 Å². The molecule has 0 unspecified atom stereocenters. The quantitative estimate of drug-likeness (QED) is 0.623. The molecule has 0 radical (unpaired) electrons. The van der Waals surface area contributed by atoms with Gasteiger partial charge in [0.05, 0.1) is 6.10 Å². The summed E-state index contributed by atoms with van der Waals surface area (Å²) in [5.41, 5.74) is 5.43. The molecule has 1 rings (SSSR count). The van der Waals surface area contributed by atoms with Gasteiger partial charge in [0.2, 0.25) is 0 Å². The van der Waals surface area contributed by atoms with E-state index < -0.39 is 0 Å². The highest BCUT2D eigenvalue weighted by Crippen LogP contribution is 2.13. The van der Waals surface area contributed by atoms with Gasteiger partial charge in [0.15, 0.2) is 0 Å². The third-order valence-electron chi connectivity index (χ3n) is 1.94. The van der Waals surface area contributed by atoms with Gasteiger partial charge in [0, 0.05) is 19.1 Å². The summed E-state index contributed by atoms with van der Waals surface area (Å²) in [5.74, 6) is 0. The molecule has 2 atom stereocenters. The molecule has 3 nitrogen and oxygen atoms in total. The SMILES string of the molecule is CN1C[C@H](O)C[C@H]1CN.Cl.Cl. The Balaban J connectivity index is 0. The molecule has 1 aliphatic heterocycles. The standard InChI is InChI=1S/C6H14N2O.2ClH/c1-8-4-6(9)2-5(8)3-7;;/h5-6,9H,2-4,7H2,1H3;2*1H/t5-,6+;;/m0../s1. The molecule has 1 heterocycles. The van der Waals surface area contributed by atoms with E-state index in [4.69, 9.17) is 10.8 Å². The summed E-state index contributed by atoms with van der Waals surface area (Å²) in [6, 6.07) is 0.403. The first-order valence-electron chi connectivity index (χ1n) is 3.32. The number of likely N-dealkylation sites (tertiary alicyclic amines) is 1. The van der Waals surface area contributed by atoms with Crippen molar-refractivity contribution in [3.05, 3.63) is 0 Å². The van der Waals surface area contributed by atoms with Crippen LogP contribution in [0.1, 0.15) is 6.42 Å². The van der Waals surface area contributed by atoms with Crippen LogP contribution < -0.4 is 5.73 Å². The van der Waals surface area contributed by atoms with Gasteiger partial charge in [-0.15, -0.1) is 24.8 Å². The summed E-state index contributed by atoms with van der Waals surface area (Å²) in [6.45, 7) is 1.44. The first-order chi connectivity index (χ1) is 4.24. The second kappa shape index (κ2) is 6.03. The van der Waals surface area contributed by atoms with Crippen molar-refractivity contribution < 1.29 is 5.11 Å². The maximum atomic E-state index is 9.10. The van der Waals surface area contributed by atoms with E-state index in [-0.39, 0.29) is 30.9 Å². The molecule has 0 aromatic carbocycles. The van der Waals surface area contributed by atoms with Gasteiger partial charge in [-0.05, 0) is 13.5 Å². The molecular formula is C6H16Cl2N2O. The Morgan fingerprint density at radius 2 is 2.09 bits per heavy atom. The number of nitrogens with two attached hydrogens (primary N) is 1. The fourth-order valence-electron chi connectivity index (χ4n) is 1.33. The zero-order chi connectivity index (χ0) is 6.85. The van der Waals surface area contributed by atoms with Crippen LogP contribution in [-0.2, 0) is 0 Å². The van der Waals surface area contributed by atoms with E-state index >= 15 is 0 Å². The zero-order valence-corrected chi connectivity index (χ0v) is 8.20. The van der Waals surface area contributed by atoms with Gasteiger partial charge in [-0.25, -0.2) is 0 Å². The minimum absolute atomic E-state index is 0. The normalized spacial score (nSPS) is 30.8. The van der Waals surface area contributed by atoms with Crippen molar-refractivity contribution in [3.63, 3.8) is 0 Å². The number of hydrogen-bond acceptors (Lipinski definition) is 3. The lowest BCUT2D eigenvalue weighted by Crippen LogP contribution is -2.31. The second-order valence-corrected chi connectivity index (χ2v) is 2.72. The minimum atomic E-state index is -0.149. The summed E-state index contributed by atoms with van der Waals surface area (Å²) in [5, 5.41) is 9.10. The highest BCUT2D eigenvalue weighted by atomic mass is 35.5. The lowest BCUT2D eigenvalue weighted by atomic mass is 10.2. The highest BCUT2D eigenvalue weighted by Gasteiger charge is 2.26. The van der Waals surface area contributed by atoms with Gasteiger partial charge in [-0.3, -0.25) is 4.90 Å². The average molecular weight is 203 g/mol. The van der Waals surface area contributed by atoms with Crippen LogP contribution >= 0.6 is 24.8 Å². The molecule has 0 amide bonds. The molecular weight excluding hydrogens is 187 g/mol. The van der Waals surface area contributed by atoms with Crippen LogP contribution in [0.15, 0.2) is 0 Å². The molecule has 0 aromatic rings. The van der Waals surface area contributed by atoms with Crippen molar-refractivity contribution in [3.8, 4) is 0 Å². The smallest absolute Gasteiger partial charge is 0.0682 e. The van der Waals surface area contributed by atoms with Crippen LogP contribution in [0, 0.1) is 0 Å². The first-order valence-corrected chi connectivity index (χ1v) is 3.32. The molecule has 1 saturated heterocycles. The van der Waals surface area contributed by atoms with Gasteiger partial charge in [0.1, 0.15) is 0 Å².